The van der Waals surface area contributed by atoms with Gasteiger partial charge in [-0.05, 0) is 54.8 Å². The Labute approximate surface area is 181 Å². The van der Waals surface area contributed by atoms with Crippen molar-refractivity contribution in [2.75, 3.05) is 29.5 Å². The van der Waals surface area contributed by atoms with E-state index in [1.807, 2.05) is 6.26 Å². The maximum Gasteiger partial charge on any atom is 0.264 e. The van der Waals surface area contributed by atoms with Gasteiger partial charge in [0, 0.05) is 0 Å². The molecule has 30 heavy (non-hydrogen) atoms. The molecule has 0 bridgehead atoms. The quantitative estimate of drug-likeness (QED) is 0.400. The first kappa shape index (κ1) is 22.0. The van der Waals surface area contributed by atoms with Crippen LogP contribution in [0.25, 0.3) is 0 Å². The minimum absolute atomic E-state index is 0.0407. The van der Waals surface area contributed by atoms with Crippen LogP contribution in [0.15, 0.2) is 57.8 Å². The van der Waals surface area contributed by atoms with E-state index in [2.05, 4.69) is 15.5 Å². The third kappa shape index (κ3) is 5.07. The highest BCUT2D eigenvalue weighted by Gasteiger charge is 2.27. The van der Waals surface area contributed by atoms with Crippen molar-refractivity contribution in [1.29, 1.82) is 0 Å². The molecule has 3 aromatic rings. The number of methoxy groups -OCH3 is 1. The van der Waals surface area contributed by atoms with Crippen LogP contribution in [0.2, 0.25) is 0 Å². The first-order valence-electron chi connectivity index (χ1n) is 8.43. The lowest BCUT2D eigenvalue weighted by Gasteiger charge is -2.24. The molecule has 0 fully saturated rings. The number of hydrogen-bond acceptors (Lipinski definition) is 8. The summed E-state index contributed by atoms with van der Waals surface area (Å²) in [6.45, 7) is -0.534. The molecule has 158 valence electrons. The summed E-state index contributed by atoms with van der Waals surface area (Å²) in [6.07, 6.45) is 1.82. The highest BCUT2D eigenvalue weighted by atomic mass is 32.2. The Morgan fingerprint density at radius 1 is 1.17 bits per heavy atom. The highest BCUT2D eigenvalue weighted by Crippen LogP contribution is 2.26. The molecule has 3 rings (SSSR count). The summed E-state index contributed by atoms with van der Waals surface area (Å²) in [4.78, 5) is 12.5. The van der Waals surface area contributed by atoms with Gasteiger partial charge in [-0.1, -0.05) is 23.1 Å². The van der Waals surface area contributed by atoms with E-state index in [1.54, 1.807) is 0 Å². The number of rotatable bonds is 8. The van der Waals surface area contributed by atoms with Crippen molar-refractivity contribution >= 4 is 49.8 Å². The zero-order valence-electron chi connectivity index (χ0n) is 15.9. The van der Waals surface area contributed by atoms with E-state index in [4.69, 9.17) is 4.74 Å². The van der Waals surface area contributed by atoms with Gasteiger partial charge < -0.3 is 4.74 Å². The van der Waals surface area contributed by atoms with Gasteiger partial charge in [-0.25, -0.2) is 12.8 Å². The zero-order valence-corrected chi connectivity index (χ0v) is 18.4. The third-order valence-electron chi connectivity index (χ3n) is 3.88. The normalized spacial score (nSPS) is 11.2. The minimum atomic E-state index is -4.12. The molecule has 1 heterocycles. The molecule has 0 saturated heterocycles. The maximum atomic E-state index is 13.4. The fraction of sp³-hybridized carbons (Fsp3) is 0.167. The molecule has 0 aliphatic carbocycles. The molecule has 8 nitrogen and oxygen atoms in total. The van der Waals surface area contributed by atoms with Crippen molar-refractivity contribution in [2.24, 2.45) is 0 Å². The predicted molar refractivity (Wildman–Crippen MR) is 114 cm³/mol. The number of halogens is 1. The van der Waals surface area contributed by atoms with Gasteiger partial charge in [0.1, 0.15) is 18.1 Å². The van der Waals surface area contributed by atoms with Crippen LogP contribution in [0, 0.1) is 5.82 Å². The Kier molecular flexibility index (Phi) is 6.90. The molecular formula is C18H17FN4O4S3. The molecule has 12 heteroatoms. The van der Waals surface area contributed by atoms with E-state index in [0.29, 0.717) is 10.1 Å². The predicted octanol–water partition coefficient (Wildman–Crippen LogP) is 3.24. The Morgan fingerprint density at radius 3 is 2.40 bits per heavy atom. The number of aromatic nitrogens is 2. The van der Waals surface area contributed by atoms with Crippen LogP contribution in [0.1, 0.15) is 0 Å². The average molecular weight is 469 g/mol. The van der Waals surface area contributed by atoms with Gasteiger partial charge in [0.05, 0.1) is 17.7 Å². The van der Waals surface area contributed by atoms with E-state index in [1.165, 1.54) is 66.6 Å². The fourth-order valence-corrected chi connectivity index (χ4v) is 5.04. The second-order valence-electron chi connectivity index (χ2n) is 5.79. The van der Waals surface area contributed by atoms with Crippen molar-refractivity contribution in [2.45, 2.75) is 9.24 Å². The van der Waals surface area contributed by atoms with Gasteiger partial charge >= 0.3 is 0 Å². The minimum Gasteiger partial charge on any atom is -0.497 e. The van der Waals surface area contributed by atoms with E-state index >= 15 is 0 Å². The number of nitrogens with one attached hydrogen (secondary N) is 1. The van der Waals surface area contributed by atoms with Gasteiger partial charge in [0.25, 0.3) is 10.0 Å². The molecule has 0 aliphatic heterocycles. The summed E-state index contributed by atoms with van der Waals surface area (Å²) in [5, 5.41) is 10.5. The van der Waals surface area contributed by atoms with Crippen LogP contribution in [-0.2, 0) is 14.8 Å². The van der Waals surface area contributed by atoms with Crippen LogP contribution >= 0.6 is 23.1 Å². The Morgan fingerprint density at radius 2 is 1.83 bits per heavy atom. The summed E-state index contributed by atoms with van der Waals surface area (Å²) >= 11 is 2.55. The monoisotopic (exact) mass is 468 g/mol. The van der Waals surface area contributed by atoms with E-state index < -0.39 is 28.3 Å². The number of carbonyl (C=O) groups is 1. The Balaban J connectivity index is 1.91. The first-order chi connectivity index (χ1) is 14.3. The molecule has 1 aromatic heterocycles. The van der Waals surface area contributed by atoms with E-state index in [0.717, 1.165) is 16.4 Å². The number of hydrogen-bond donors (Lipinski definition) is 1. The number of thioether (sulfide) groups is 1. The Hall–Kier alpha value is -2.70. The van der Waals surface area contributed by atoms with Gasteiger partial charge in [-0.15, -0.1) is 10.2 Å². The van der Waals surface area contributed by atoms with Crippen molar-refractivity contribution in [3.8, 4) is 5.75 Å². The van der Waals surface area contributed by atoms with Crippen LogP contribution in [0.3, 0.4) is 0 Å². The van der Waals surface area contributed by atoms with E-state index in [9.17, 15) is 17.6 Å². The zero-order chi connectivity index (χ0) is 21.7. The molecule has 0 saturated carbocycles. The number of carbonyl (C=O) groups excluding carboxylic acids is 1. The Bertz CT molecular complexity index is 1120. The lowest BCUT2D eigenvalue weighted by atomic mass is 10.3. The van der Waals surface area contributed by atoms with Crippen LogP contribution in [0.5, 0.6) is 5.75 Å². The van der Waals surface area contributed by atoms with Gasteiger partial charge in [0.15, 0.2) is 4.34 Å². The summed E-state index contributed by atoms with van der Waals surface area (Å²) < 4.78 is 46.5. The third-order valence-corrected chi connectivity index (χ3v) is 7.48. The number of sulfonamides is 1. The van der Waals surface area contributed by atoms with Crippen molar-refractivity contribution in [3.63, 3.8) is 0 Å². The number of amides is 1. The molecular weight excluding hydrogens is 451 g/mol. The maximum absolute atomic E-state index is 13.4. The second kappa shape index (κ2) is 9.41. The standard InChI is InChI=1S/C18H17FN4O4S3/c1-27-14-7-9-15(10-8-14)30(25,26)23(13-5-3-12(19)4-6-13)11-16(24)20-17-21-22-18(28-2)29-17/h3-10H,11H2,1-2H3,(H,20,21,24). The summed E-state index contributed by atoms with van der Waals surface area (Å²) in [7, 11) is -2.65. The number of benzene rings is 2. The second-order valence-corrected chi connectivity index (χ2v) is 9.68. The number of nitrogens with zero attached hydrogens (tertiary/aromatic N) is 3. The summed E-state index contributed by atoms with van der Waals surface area (Å²) in [5.74, 6) is -0.649. The smallest absolute Gasteiger partial charge is 0.264 e. The van der Waals surface area contributed by atoms with Crippen LogP contribution in [0.4, 0.5) is 15.2 Å². The summed E-state index contributed by atoms with van der Waals surface area (Å²) in [6, 6.07) is 10.6. The fourth-order valence-electron chi connectivity index (χ4n) is 2.43. The first-order valence-corrected chi connectivity index (χ1v) is 11.9. The molecule has 0 radical (unpaired) electrons. The lowest BCUT2D eigenvalue weighted by Crippen LogP contribution is -2.38. The molecule has 2 aromatic carbocycles. The van der Waals surface area contributed by atoms with E-state index in [-0.39, 0.29) is 15.7 Å². The SMILES string of the molecule is COc1ccc(S(=O)(=O)N(CC(=O)Nc2nnc(SC)s2)c2ccc(F)cc2)cc1. The number of ether oxygens (including phenoxy) is 1. The van der Waals surface area contributed by atoms with Gasteiger partial charge in [-0.3, -0.25) is 14.4 Å². The number of anilines is 2. The molecule has 0 aliphatic rings. The van der Waals surface area contributed by atoms with Gasteiger partial charge in [0.2, 0.25) is 11.0 Å². The van der Waals surface area contributed by atoms with Crippen molar-refractivity contribution in [3.05, 3.63) is 54.3 Å². The van der Waals surface area contributed by atoms with Crippen molar-refractivity contribution in [1.82, 2.24) is 10.2 Å². The topological polar surface area (TPSA) is 101 Å². The molecule has 0 atom stereocenters. The van der Waals surface area contributed by atoms with Crippen molar-refractivity contribution < 1.29 is 22.3 Å². The summed E-state index contributed by atoms with van der Waals surface area (Å²) in [5.41, 5.74) is 0.143. The highest BCUT2D eigenvalue weighted by molar-refractivity contribution is 8.00. The lowest BCUT2D eigenvalue weighted by molar-refractivity contribution is -0.114. The van der Waals surface area contributed by atoms with Crippen LogP contribution in [-0.4, -0.2) is 44.4 Å². The molecule has 1 amide bonds. The van der Waals surface area contributed by atoms with Crippen LogP contribution < -0.4 is 14.4 Å². The molecule has 0 spiro atoms. The molecule has 0 unspecified atom stereocenters. The largest absolute Gasteiger partial charge is 0.497 e. The average Bonchev–Trinajstić information content (AvgIpc) is 3.20. The van der Waals surface area contributed by atoms with Gasteiger partial charge in [-0.2, -0.15) is 0 Å². The molecule has 1 N–H and O–H groups in total.